The molecule has 0 radical (unpaired) electrons. The zero-order chi connectivity index (χ0) is 18.1. The van der Waals surface area contributed by atoms with Crippen LogP contribution in [0.5, 0.6) is 0 Å². The minimum atomic E-state index is -4.79. The van der Waals surface area contributed by atoms with Crippen LogP contribution in [0, 0.1) is 11.3 Å². The van der Waals surface area contributed by atoms with Gasteiger partial charge < -0.3 is 9.47 Å². The molecule has 3 atom stereocenters. The SMILES string of the molecule is CC1OCCOC(C(F)(F)F)C1c1cc(C#N)cc(C(F)(F)F)c1. The molecule has 2 rings (SSSR count). The summed E-state index contributed by atoms with van der Waals surface area (Å²) in [6.45, 7) is 0.911. The van der Waals surface area contributed by atoms with Crippen LogP contribution in [0.4, 0.5) is 26.3 Å². The highest BCUT2D eigenvalue weighted by Gasteiger charge is 2.50. The second kappa shape index (κ2) is 6.61. The predicted molar refractivity (Wildman–Crippen MR) is 70.1 cm³/mol. The Kier molecular flexibility index (Phi) is 5.11. The zero-order valence-electron chi connectivity index (χ0n) is 12.4. The first-order valence-electron chi connectivity index (χ1n) is 6.96. The molecule has 0 saturated carbocycles. The van der Waals surface area contributed by atoms with Crippen LogP contribution in [-0.4, -0.2) is 31.6 Å². The summed E-state index contributed by atoms with van der Waals surface area (Å²) in [6.07, 6.45) is -12.9. The van der Waals surface area contributed by atoms with E-state index in [2.05, 4.69) is 0 Å². The van der Waals surface area contributed by atoms with Crippen LogP contribution in [0.3, 0.4) is 0 Å². The van der Waals surface area contributed by atoms with Gasteiger partial charge in [0.15, 0.2) is 6.10 Å². The van der Waals surface area contributed by atoms with Crippen LogP contribution in [0.25, 0.3) is 0 Å². The number of benzene rings is 1. The molecule has 0 aromatic heterocycles. The number of nitriles is 1. The van der Waals surface area contributed by atoms with Crippen LogP contribution in [0.2, 0.25) is 0 Å². The molecule has 0 N–H and O–H groups in total. The van der Waals surface area contributed by atoms with E-state index in [-0.39, 0.29) is 24.3 Å². The van der Waals surface area contributed by atoms with Gasteiger partial charge in [-0.15, -0.1) is 0 Å². The molecule has 0 spiro atoms. The Morgan fingerprint density at radius 2 is 1.67 bits per heavy atom. The fourth-order valence-electron chi connectivity index (χ4n) is 2.68. The van der Waals surface area contributed by atoms with E-state index in [0.29, 0.717) is 12.1 Å². The number of rotatable bonds is 1. The molecule has 24 heavy (non-hydrogen) atoms. The highest BCUT2D eigenvalue weighted by Crippen LogP contribution is 2.41. The maximum Gasteiger partial charge on any atom is 0.416 e. The first-order valence-corrected chi connectivity index (χ1v) is 6.96. The number of nitrogens with zero attached hydrogens (tertiary/aromatic N) is 1. The number of alkyl halides is 6. The molecule has 1 aliphatic heterocycles. The van der Waals surface area contributed by atoms with Crippen LogP contribution in [-0.2, 0) is 15.7 Å². The molecule has 1 aromatic carbocycles. The van der Waals surface area contributed by atoms with Crippen molar-refractivity contribution in [3.8, 4) is 6.07 Å². The van der Waals surface area contributed by atoms with Crippen LogP contribution < -0.4 is 0 Å². The first-order chi connectivity index (χ1) is 11.0. The van der Waals surface area contributed by atoms with E-state index >= 15 is 0 Å². The summed E-state index contributed by atoms with van der Waals surface area (Å²) >= 11 is 0. The molecule has 0 bridgehead atoms. The van der Waals surface area contributed by atoms with Crippen molar-refractivity contribution in [2.75, 3.05) is 13.2 Å². The van der Waals surface area contributed by atoms with E-state index < -0.39 is 36.0 Å². The molecule has 1 aliphatic rings. The molecule has 1 heterocycles. The molecule has 3 unspecified atom stereocenters. The van der Waals surface area contributed by atoms with E-state index in [9.17, 15) is 26.3 Å². The molecule has 0 amide bonds. The molecule has 132 valence electrons. The van der Waals surface area contributed by atoms with Gasteiger partial charge in [0.2, 0.25) is 0 Å². The summed E-state index contributed by atoms with van der Waals surface area (Å²) < 4.78 is 88.7. The smallest absolute Gasteiger partial charge is 0.375 e. The maximum absolute atomic E-state index is 13.3. The first kappa shape index (κ1) is 18.5. The van der Waals surface area contributed by atoms with E-state index in [1.54, 1.807) is 6.07 Å². The van der Waals surface area contributed by atoms with Crippen molar-refractivity contribution < 1.29 is 35.8 Å². The Bertz CT molecular complexity index is 634. The van der Waals surface area contributed by atoms with Gasteiger partial charge in [0.25, 0.3) is 0 Å². The lowest BCUT2D eigenvalue weighted by molar-refractivity contribution is -0.225. The van der Waals surface area contributed by atoms with Crippen molar-refractivity contribution in [3.05, 3.63) is 34.9 Å². The van der Waals surface area contributed by atoms with Gasteiger partial charge in [0.05, 0.1) is 36.5 Å². The summed E-state index contributed by atoms with van der Waals surface area (Å²) in [5.74, 6) is -1.51. The maximum atomic E-state index is 13.3. The minimum Gasteiger partial charge on any atom is -0.375 e. The summed E-state index contributed by atoms with van der Waals surface area (Å²) in [6, 6.07) is 3.75. The zero-order valence-corrected chi connectivity index (χ0v) is 12.4. The van der Waals surface area contributed by atoms with Crippen molar-refractivity contribution in [2.45, 2.75) is 37.4 Å². The largest absolute Gasteiger partial charge is 0.416 e. The second-order valence-electron chi connectivity index (χ2n) is 5.39. The van der Waals surface area contributed by atoms with Crippen molar-refractivity contribution in [3.63, 3.8) is 0 Å². The summed E-state index contributed by atoms with van der Waals surface area (Å²) in [5.41, 5.74) is -1.86. The van der Waals surface area contributed by atoms with E-state index in [1.807, 2.05) is 0 Å². The van der Waals surface area contributed by atoms with Crippen molar-refractivity contribution in [1.29, 1.82) is 5.26 Å². The Morgan fingerprint density at radius 3 is 2.21 bits per heavy atom. The summed E-state index contributed by atoms with van der Waals surface area (Å²) in [7, 11) is 0. The standard InChI is InChI=1S/C15H13F6NO2/c1-8-12(13(15(19,20)21)24-3-2-23-8)10-4-9(7-22)5-11(6-10)14(16,17)18/h4-6,8,12-13H,2-3H2,1H3. The van der Waals surface area contributed by atoms with Crippen molar-refractivity contribution in [1.82, 2.24) is 0 Å². The Labute approximate surface area is 133 Å². The van der Waals surface area contributed by atoms with Gasteiger partial charge in [-0.3, -0.25) is 0 Å². The Hall–Kier alpha value is -1.79. The molecule has 9 heteroatoms. The number of hydrogen-bond acceptors (Lipinski definition) is 3. The highest BCUT2D eigenvalue weighted by atomic mass is 19.4. The fraction of sp³-hybridized carbons (Fsp3) is 0.533. The van der Waals surface area contributed by atoms with Gasteiger partial charge in [-0.1, -0.05) is 0 Å². The molecule has 0 aliphatic carbocycles. The summed E-state index contributed by atoms with van der Waals surface area (Å²) in [4.78, 5) is 0. The monoisotopic (exact) mass is 353 g/mol. The van der Waals surface area contributed by atoms with Crippen LogP contribution in [0.1, 0.15) is 29.5 Å². The number of halogens is 6. The molecular weight excluding hydrogens is 340 g/mol. The highest BCUT2D eigenvalue weighted by molar-refractivity contribution is 5.41. The van der Waals surface area contributed by atoms with Gasteiger partial charge in [-0.25, -0.2) is 0 Å². The Morgan fingerprint density at radius 1 is 1.04 bits per heavy atom. The topological polar surface area (TPSA) is 42.2 Å². The molecule has 1 saturated heterocycles. The van der Waals surface area contributed by atoms with E-state index in [0.717, 1.165) is 6.07 Å². The number of hydrogen-bond donors (Lipinski definition) is 0. The molecule has 1 fully saturated rings. The van der Waals surface area contributed by atoms with E-state index in [4.69, 9.17) is 14.7 Å². The average molecular weight is 353 g/mol. The third-order valence-corrected chi connectivity index (χ3v) is 3.71. The van der Waals surface area contributed by atoms with Crippen LogP contribution >= 0.6 is 0 Å². The van der Waals surface area contributed by atoms with Crippen LogP contribution in [0.15, 0.2) is 18.2 Å². The predicted octanol–water partition coefficient (Wildman–Crippen LogP) is 4.03. The Balaban J connectivity index is 2.58. The fourth-order valence-corrected chi connectivity index (χ4v) is 2.68. The molecular formula is C15H13F6NO2. The normalized spacial score (nSPS) is 25.8. The van der Waals surface area contributed by atoms with Gasteiger partial charge in [0.1, 0.15) is 0 Å². The lowest BCUT2D eigenvalue weighted by Gasteiger charge is -2.30. The third kappa shape index (κ3) is 3.99. The van der Waals surface area contributed by atoms with Gasteiger partial charge in [-0.05, 0) is 30.7 Å². The van der Waals surface area contributed by atoms with Crippen molar-refractivity contribution in [2.24, 2.45) is 0 Å². The lowest BCUT2D eigenvalue weighted by atomic mass is 9.86. The molecule has 1 aromatic rings. The minimum absolute atomic E-state index is 0.103. The second-order valence-corrected chi connectivity index (χ2v) is 5.39. The van der Waals surface area contributed by atoms with E-state index in [1.165, 1.54) is 6.92 Å². The summed E-state index contributed by atoms with van der Waals surface area (Å²) in [5, 5.41) is 8.90. The third-order valence-electron chi connectivity index (χ3n) is 3.71. The molecule has 3 nitrogen and oxygen atoms in total. The average Bonchev–Trinajstić information content (AvgIpc) is 2.67. The quantitative estimate of drug-likeness (QED) is 0.716. The lowest BCUT2D eigenvalue weighted by Crippen LogP contribution is -2.40. The van der Waals surface area contributed by atoms with Gasteiger partial charge >= 0.3 is 12.4 Å². The van der Waals surface area contributed by atoms with Gasteiger partial charge in [-0.2, -0.15) is 31.6 Å². The van der Waals surface area contributed by atoms with Gasteiger partial charge in [0, 0.05) is 5.92 Å². The van der Waals surface area contributed by atoms with Crippen molar-refractivity contribution >= 4 is 0 Å². The number of ether oxygens (including phenoxy) is 2.